The van der Waals surface area contributed by atoms with Gasteiger partial charge in [-0.05, 0) is 33.0 Å². The van der Waals surface area contributed by atoms with Crippen molar-refractivity contribution in [3.8, 4) is 0 Å². The van der Waals surface area contributed by atoms with E-state index in [1.807, 2.05) is 0 Å². The highest BCUT2D eigenvalue weighted by Crippen LogP contribution is 2.17. The van der Waals surface area contributed by atoms with Crippen LogP contribution in [0.5, 0.6) is 0 Å². The van der Waals surface area contributed by atoms with Gasteiger partial charge in [0.25, 0.3) is 0 Å². The highest BCUT2D eigenvalue weighted by atomic mass is 28.4. The number of rotatable bonds is 9. The Labute approximate surface area is 103 Å². The molecule has 0 aliphatic rings. The van der Waals surface area contributed by atoms with E-state index in [1.54, 1.807) is 0 Å². The maximum atomic E-state index is 6.01. The molecule has 0 heterocycles. The first kappa shape index (κ1) is 15.8. The molecule has 0 unspecified atom stereocenters. The lowest BCUT2D eigenvalue weighted by atomic mass is 10.1. The highest BCUT2D eigenvalue weighted by Gasteiger charge is 2.16. The monoisotopic (exact) mass is 242 g/mol. The number of allylic oxidation sites excluding steroid dienone is 2. The van der Waals surface area contributed by atoms with Crippen LogP contribution in [0.4, 0.5) is 0 Å². The zero-order valence-corrected chi connectivity index (χ0v) is 12.9. The molecule has 0 rings (SSSR count). The minimum atomic E-state index is -1.39. The minimum Gasteiger partial charge on any atom is -0.548 e. The zero-order valence-electron chi connectivity index (χ0n) is 11.9. The summed E-state index contributed by atoms with van der Waals surface area (Å²) in [6.45, 7) is 11.1. The summed E-state index contributed by atoms with van der Waals surface area (Å²) >= 11 is 0. The van der Waals surface area contributed by atoms with E-state index in [4.69, 9.17) is 4.43 Å². The average Bonchev–Trinajstić information content (AvgIpc) is 2.19. The third-order valence-electron chi connectivity index (χ3n) is 2.54. The third kappa shape index (κ3) is 10.3. The van der Waals surface area contributed by atoms with E-state index in [1.165, 1.54) is 44.3 Å². The summed E-state index contributed by atoms with van der Waals surface area (Å²) in [5.74, 6) is 1.22. The van der Waals surface area contributed by atoms with Crippen LogP contribution in [-0.4, -0.2) is 8.32 Å². The van der Waals surface area contributed by atoms with Crippen LogP contribution in [0.1, 0.15) is 58.8 Å². The van der Waals surface area contributed by atoms with E-state index >= 15 is 0 Å². The summed E-state index contributed by atoms with van der Waals surface area (Å²) in [4.78, 5) is 0. The Kier molecular flexibility index (Phi) is 8.72. The summed E-state index contributed by atoms with van der Waals surface area (Å²) in [5.41, 5.74) is 0. The molecule has 0 aromatic heterocycles. The summed E-state index contributed by atoms with van der Waals surface area (Å²) in [5, 5.41) is 0. The van der Waals surface area contributed by atoms with Gasteiger partial charge in [-0.25, -0.2) is 0 Å². The summed E-state index contributed by atoms with van der Waals surface area (Å²) < 4.78 is 6.01. The zero-order chi connectivity index (χ0) is 12.4. The van der Waals surface area contributed by atoms with Crippen LogP contribution in [-0.2, 0) is 4.43 Å². The molecular weight excluding hydrogens is 212 g/mol. The Hall–Kier alpha value is -0.243. The first-order chi connectivity index (χ1) is 7.49. The van der Waals surface area contributed by atoms with Crippen LogP contribution in [0.3, 0.4) is 0 Å². The maximum absolute atomic E-state index is 6.01. The van der Waals surface area contributed by atoms with Crippen molar-refractivity contribution in [2.75, 3.05) is 0 Å². The lowest BCUT2D eigenvalue weighted by molar-refractivity contribution is 0.390. The molecule has 0 aromatic carbocycles. The van der Waals surface area contributed by atoms with Crippen molar-refractivity contribution < 1.29 is 4.43 Å². The molecule has 0 saturated heterocycles. The molecular formula is C14H30OSi. The Morgan fingerprint density at radius 2 is 1.56 bits per heavy atom. The average molecular weight is 242 g/mol. The van der Waals surface area contributed by atoms with Gasteiger partial charge in [-0.2, -0.15) is 0 Å². The molecule has 0 aliphatic carbocycles. The quantitative estimate of drug-likeness (QED) is 0.295. The molecule has 0 radical (unpaired) electrons. The fourth-order valence-electron chi connectivity index (χ4n) is 1.73. The van der Waals surface area contributed by atoms with E-state index in [9.17, 15) is 0 Å². The molecule has 16 heavy (non-hydrogen) atoms. The summed E-state index contributed by atoms with van der Waals surface area (Å²) in [6.07, 6.45) is 11.4. The van der Waals surface area contributed by atoms with Crippen molar-refractivity contribution in [1.82, 2.24) is 0 Å². The predicted octanol–water partition coefficient (Wildman–Crippen LogP) is 5.49. The van der Waals surface area contributed by atoms with Crippen LogP contribution < -0.4 is 0 Å². The van der Waals surface area contributed by atoms with Crippen LogP contribution in [0.15, 0.2) is 11.8 Å². The normalized spacial score (nSPS) is 12.9. The second kappa shape index (κ2) is 8.86. The smallest absolute Gasteiger partial charge is 0.241 e. The topological polar surface area (TPSA) is 9.23 Å². The number of unbranched alkanes of at least 4 members (excludes halogenated alkanes) is 5. The Morgan fingerprint density at radius 1 is 1.00 bits per heavy atom. The van der Waals surface area contributed by atoms with Crippen molar-refractivity contribution >= 4 is 8.32 Å². The van der Waals surface area contributed by atoms with Crippen molar-refractivity contribution in [1.29, 1.82) is 0 Å². The van der Waals surface area contributed by atoms with Gasteiger partial charge in [0.2, 0.25) is 8.32 Å². The van der Waals surface area contributed by atoms with Gasteiger partial charge in [-0.1, -0.05) is 45.1 Å². The molecule has 0 aliphatic heterocycles. The van der Waals surface area contributed by atoms with Gasteiger partial charge in [0.1, 0.15) is 0 Å². The van der Waals surface area contributed by atoms with Crippen LogP contribution in [0, 0.1) is 0 Å². The second-order valence-corrected chi connectivity index (χ2v) is 9.92. The van der Waals surface area contributed by atoms with Gasteiger partial charge >= 0.3 is 0 Å². The molecule has 0 atom stereocenters. The molecule has 0 N–H and O–H groups in total. The predicted molar refractivity (Wildman–Crippen MR) is 76.2 cm³/mol. The minimum absolute atomic E-state index is 1.13. The molecule has 0 amide bonds. The van der Waals surface area contributed by atoms with E-state index in [0.717, 1.165) is 6.42 Å². The van der Waals surface area contributed by atoms with Crippen LogP contribution in [0.25, 0.3) is 0 Å². The fourth-order valence-corrected chi connectivity index (χ4v) is 2.73. The van der Waals surface area contributed by atoms with Crippen molar-refractivity contribution in [3.05, 3.63) is 11.8 Å². The van der Waals surface area contributed by atoms with E-state index in [2.05, 4.69) is 39.6 Å². The van der Waals surface area contributed by atoms with Crippen LogP contribution >= 0.6 is 0 Å². The molecule has 96 valence electrons. The Morgan fingerprint density at radius 3 is 2.06 bits per heavy atom. The van der Waals surface area contributed by atoms with Gasteiger partial charge in [-0.15, -0.1) is 0 Å². The Bertz CT molecular complexity index is 191. The first-order valence-electron chi connectivity index (χ1n) is 6.83. The number of hydrogen-bond acceptors (Lipinski definition) is 1. The molecule has 2 heteroatoms. The standard InChI is InChI=1S/C14H30OSi/c1-6-8-9-10-11-12-13-14(7-2)15-16(3,4)5/h7H,6,8-13H2,1-5H3/b14-7+. The van der Waals surface area contributed by atoms with Gasteiger partial charge in [0.15, 0.2) is 0 Å². The molecule has 0 spiro atoms. The van der Waals surface area contributed by atoms with Crippen molar-refractivity contribution in [2.24, 2.45) is 0 Å². The highest BCUT2D eigenvalue weighted by molar-refractivity contribution is 6.70. The van der Waals surface area contributed by atoms with Gasteiger partial charge in [-0.3, -0.25) is 0 Å². The summed E-state index contributed by atoms with van der Waals surface area (Å²) in [6, 6.07) is 0. The first-order valence-corrected chi connectivity index (χ1v) is 10.2. The molecule has 0 bridgehead atoms. The lowest BCUT2D eigenvalue weighted by Crippen LogP contribution is -2.24. The maximum Gasteiger partial charge on any atom is 0.241 e. The molecule has 0 fully saturated rings. The number of hydrogen-bond donors (Lipinski definition) is 0. The fraction of sp³-hybridized carbons (Fsp3) is 0.857. The van der Waals surface area contributed by atoms with Gasteiger partial charge in [0, 0.05) is 6.42 Å². The van der Waals surface area contributed by atoms with E-state index in [0.29, 0.717) is 0 Å². The van der Waals surface area contributed by atoms with Crippen LogP contribution in [0.2, 0.25) is 19.6 Å². The van der Waals surface area contributed by atoms with Gasteiger partial charge in [0.05, 0.1) is 5.76 Å². The largest absolute Gasteiger partial charge is 0.548 e. The van der Waals surface area contributed by atoms with Crippen molar-refractivity contribution in [2.45, 2.75) is 78.4 Å². The van der Waals surface area contributed by atoms with Crippen molar-refractivity contribution in [3.63, 3.8) is 0 Å². The van der Waals surface area contributed by atoms with E-state index in [-0.39, 0.29) is 0 Å². The molecule has 1 nitrogen and oxygen atoms in total. The van der Waals surface area contributed by atoms with Gasteiger partial charge < -0.3 is 4.43 Å². The second-order valence-electron chi connectivity index (χ2n) is 5.49. The Balaban J connectivity index is 3.58. The molecule has 0 saturated carbocycles. The SMILES string of the molecule is C/C=C(\CCCCCCCC)O[Si](C)(C)C. The van der Waals surface area contributed by atoms with E-state index < -0.39 is 8.32 Å². The molecule has 0 aromatic rings. The summed E-state index contributed by atoms with van der Waals surface area (Å²) in [7, 11) is -1.39. The third-order valence-corrected chi connectivity index (χ3v) is 3.41. The lowest BCUT2D eigenvalue weighted by Gasteiger charge is -2.21.